The van der Waals surface area contributed by atoms with Gasteiger partial charge in [0.15, 0.2) is 0 Å². The maximum atomic E-state index is 13.0. The van der Waals surface area contributed by atoms with Crippen LogP contribution >= 0.6 is 11.3 Å². The number of hydrogen-bond acceptors (Lipinski definition) is 5. The molecule has 1 fully saturated rings. The number of carbonyl (C=O) groups excluding carboxylic acids is 1. The second kappa shape index (κ2) is 9.79. The van der Waals surface area contributed by atoms with Crippen molar-refractivity contribution in [3.8, 4) is 10.7 Å². The number of aryl methyl sites for hydroxylation is 2. The van der Waals surface area contributed by atoms with Crippen molar-refractivity contribution in [1.82, 2.24) is 19.2 Å². The average Bonchev–Trinajstić information content (AvgIpc) is 3.41. The molecule has 0 saturated carbocycles. The second-order valence-corrected chi connectivity index (χ2v) is 11.4. The van der Waals surface area contributed by atoms with Crippen molar-refractivity contribution in [1.29, 1.82) is 0 Å². The van der Waals surface area contributed by atoms with E-state index in [2.05, 4.69) is 9.71 Å². The quantitative estimate of drug-likeness (QED) is 0.543. The number of rotatable bonds is 7. The number of nitrogens with one attached hydrogen (secondary N) is 1. The van der Waals surface area contributed by atoms with Crippen LogP contribution in [0.25, 0.3) is 10.7 Å². The summed E-state index contributed by atoms with van der Waals surface area (Å²) in [6.07, 6.45) is 4.82. The molecule has 0 aliphatic carbocycles. The lowest BCUT2D eigenvalue weighted by Crippen LogP contribution is -2.35. The topological polar surface area (TPSA) is 84.3 Å². The predicted octanol–water partition coefficient (Wildman–Crippen LogP) is 4.17. The van der Waals surface area contributed by atoms with Crippen LogP contribution < -0.4 is 4.72 Å². The zero-order valence-corrected chi connectivity index (χ0v) is 20.9. The third kappa shape index (κ3) is 5.20. The van der Waals surface area contributed by atoms with Gasteiger partial charge < -0.3 is 9.47 Å². The molecule has 9 heteroatoms. The van der Waals surface area contributed by atoms with Crippen LogP contribution in [-0.4, -0.2) is 48.4 Å². The highest BCUT2D eigenvalue weighted by atomic mass is 32.2. The Bertz CT molecular complexity index is 1230. The normalized spacial score (nSPS) is 15.5. The van der Waals surface area contributed by atoms with Gasteiger partial charge in [0.25, 0.3) is 5.91 Å². The van der Waals surface area contributed by atoms with E-state index in [1.165, 1.54) is 11.3 Å². The minimum absolute atomic E-state index is 0.0228. The Morgan fingerprint density at radius 2 is 1.88 bits per heavy atom. The molecule has 0 unspecified atom stereocenters. The van der Waals surface area contributed by atoms with Gasteiger partial charge in [-0.3, -0.25) is 4.79 Å². The lowest BCUT2D eigenvalue weighted by Gasteiger charge is -2.26. The Morgan fingerprint density at radius 1 is 1.18 bits per heavy atom. The molecule has 176 valence electrons. The average molecular weight is 487 g/mol. The van der Waals surface area contributed by atoms with Gasteiger partial charge in [-0.25, -0.2) is 18.1 Å². The van der Waals surface area contributed by atoms with E-state index < -0.39 is 10.0 Å². The van der Waals surface area contributed by atoms with Gasteiger partial charge >= 0.3 is 0 Å². The molecule has 1 saturated heterocycles. The lowest BCUT2D eigenvalue weighted by molar-refractivity contribution is 0.0728. The molecule has 33 heavy (non-hydrogen) atoms. The summed E-state index contributed by atoms with van der Waals surface area (Å²) in [6, 6.07) is 11.5. The molecule has 3 heterocycles. The van der Waals surface area contributed by atoms with Gasteiger partial charge in [-0.15, -0.1) is 11.3 Å². The first-order chi connectivity index (χ1) is 15.8. The van der Waals surface area contributed by atoms with E-state index in [9.17, 15) is 13.2 Å². The second-order valence-electron chi connectivity index (χ2n) is 8.62. The summed E-state index contributed by atoms with van der Waals surface area (Å²) in [6.45, 7) is 5.70. The van der Waals surface area contributed by atoms with Gasteiger partial charge in [-0.05, 0) is 43.7 Å². The van der Waals surface area contributed by atoms with Crippen molar-refractivity contribution in [3.63, 3.8) is 0 Å². The summed E-state index contributed by atoms with van der Waals surface area (Å²) in [7, 11) is -1.88. The van der Waals surface area contributed by atoms with Crippen molar-refractivity contribution in [2.24, 2.45) is 7.05 Å². The van der Waals surface area contributed by atoms with Crippen molar-refractivity contribution < 1.29 is 13.2 Å². The van der Waals surface area contributed by atoms with Crippen molar-refractivity contribution in [2.45, 2.75) is 43.9 Å². The Kier molecular flexibility index (Phi) is 7.02. The van der Waals surface area contributed by atoms with Crippen LogP contribution in [0.2, 0.25) is 0 Å². The van der Waals surface area contributed by atoms with Crippen LogP contribution in [0.1, 0.15) is 53.0 Å². The number of likely N-dealkylation sites (tertiary alicyclic amines) is 1. The maximum Gasteiger partial charge on any atom is 0.265 e. The molecule has 1 aliphatic heterocycles. The Hall–Kier alpha value is -2.49. The zero-order chi connectivity index (χ0) is 23.6. The highest BCUT2D eigenvalue weighted by Crippen LogP contribution is 2.31. The number of hydrogen-bond donors (Lipinski definition) is 1. The van der Waals surface area contributed by atoms with E-state index >= 15 is 0 Å². The van der Waals surface area contributed by atoms with Crippen LogP contribution in [-0.2, 0) is 17.1 Å². The highest BCUT2D eigenvalue weighted by Gasteiger charge is 2.25. The molecule has 3 aromatic rings. The van der Waals surface area contributed by atoms with Crippen LogP contribution in [0.5, 0.6) is 0 Å². The Balaban J connectivity index is 1.51. The summed E-state index contributed by atoms with van der Waals surface area (Å²) in [4.78, 5) is 20.3. The van der Waals surface area contributed by atoms with E-state index in [-0.39, 0.29) is 16.7 Å². The molecule has 1 aliphatic rings. The fraction of sp³-hybridized carbons (Fsp3) is 0.417. The van der Waals surface area contributed by atoms with E-state index in [4.69, 9.17) is 0 Å². The first kappa shape index (κ1) is 23.7. The predicted molar refractivity (Wildman–Crippen MR) is 131 cm³/mol. The Labute approximate surface area is 199 Å². The van der Waals surface area contributed by atoms with Crippen LogP contribution in [0, 0.1) is 6.92 Å². The van der Waals surface area contributed by atoms with E-state index in [0.29, 0.717) is 27.8 Å². The molecule has 1 amide bonds. The van der Waals surface area contributed by atoms with Gasteiger partial charge in [0, 0.05) is 32.9 Å². The highest BCUT2D eigenvalue weighted by molar-refractivity contribution is 7.89. The third-order valence-electron chi connectivity index (χ3n) is 6.09. The van der Waals surface area contributed by atoms with Crippen molar-refractivity contribution in [2.75, 3.05) is 19.6 Å². The molecular formula is C24H30N4O3S2. The smallest absolute Gasteiger partial charge is 0.265 e. The molecule has 1 N–H and O–H groups in total. The fourth-order valence-electron chi connectivity index (χ4n) is 4.06. The molecule has 0 radical (unpaired) electrons. The minimum atomic E-state index is -3.68. The monoisotopic (exact) mass is 486 g/mol. The first-order valence-electron chi connectivity index (χ1n) is 11.2. The summed E-state index contributed by atoms with van der Waals surface area (Å²) in [5, 5.41) is 0.648. The molecule has 7 nitrogen and oxygen atoms in total. The largest absolute Gasteiger partial charge is 0.347 e. The molecule has 0 spiro atoms. The molecule has 1 aromatic carbocycles. The summed E-state index contributed by atoms with van der Waals surface area (Å²) in [5.74, 6) is 0.0729. The van der Waals surface area contributed by atoms with Crippen LogP contribution in [0.15, 0.2) is 47.5 Å². The zero-order valence-electron chi connectivity index (χ0n) is 19.2. The van der Waals surface area contributed by atoms with Crippen molar-refractivity contribution >= 4 is 27.3 Å². The fourth-order valence-corrected chi connectivity index (χ4v) is 6.35. The van der Waals surface area contributed by atoms with E-state index in [1.54, 1.807) is 23.9 Å². The third-order valence-corrected chi connectivity index (χ3v) is 8.65. The SMILES string of the molecule is Cc1nc(-c2cc(S(=O)(=O)NC[C@H](C)c3ccccc3)cn2C)sc1C(=O)N1CCCCC1. The van der Waals surface area contributed by atoms with Gasteiger partial charge in [-0.1, -0.05) is 37.3 Å². The summed E-state index contributed by atoms with van der Waals surface area (Å²) < 4.78 is 30.4. The maximum absolute atomic E-state index is 13.0. The standard InChI is InChI=1S/C24H30N4O3S2/c1-17(19-10-6-4-7-11-19)15-25-33(30,31)20-14-21(27(3)16-20)23-26-18(2)22(32-23)24(29)28-12-8-5-9-13-28/h4,6-7,10-11,14,16-17,25H,5,8-9,12-13,15H2,1-3H3/t17-/m0/s1. The first-order valence-corrected chi connectivity index (χ1v) is 13.5. The molecular weight excluding hydrogens is 456 g/mol. The number of sulfonamides is 1. The minimum Gasteiger partial charge on any atom is -0.347 e. The number of nitrogens with zero attached hydrogens (tertiary/aromatic N) is 3. The number of amides is 1. The number of benzene rings is 1. The molecule has 4 rings (SSSR count). The van der Waals surface area contributed by atoms with E-state index in [1.807, 2.05) is 49.1 Å². The summed E-state index contributed by atoms with van der Waals surface area (Å²) in [5.41, 5.74) is 2.45. The molecule has 1 atom stereocenters. The van der Waals surface area contributed by atoms with Crippen LogP contribution in [0.4, 0.5) is 0 Å². The van der Waals surface area contributed by atoms with Gasteiger partial charge in [-0.2, -0.15) is 0 Å². The van der Waals surface area contributed by atoms with E-state index in [0.717, 1.165) is 37.9 Å². The number of carbonyl (C=O) groups is 1. The molecule has 2 aromatic heterocycles. The molecule has 0 bridgehead atoms. The number of thiazole rings is 1. The number of piperidine rings is 1. The lowest BCUT2D eigenvalue weighted by atomic mass is 10.0. The summed E-state index contributed by atoms with van der Waals surface area (Å²) >= 11 is 1.33. The van der Waals surface area contributed by atoms with Gasteiger partial charge in [0.2, 0.25) is 10.0 Å². The van der Waals surface area contributed by atoms with Crippen LogP contribution in [0.3, 0.4) is 0 Å². The number of aromatic nitrogens is 2. The van der Waals surface area contributed by atoms with Gasteiger partial charge in [0.05, 0.1) is 11.4 Å². The Morgan fingerprint density at radius 3 is 2.58 bits per heavy atom. The van der Waals surface area contributed by atoms with Gasteiger partial charge in [0.1, 0.15) is 14.8 Å². The van der Waals surface area contributed by atoms with Crippen molar-refractivity contribution in [3.05, 3.63) is 58.7 Å².